The molecule has 0 aliphatic rings. The van der Waals surface area contributed by atoms with Gasteiger partial charge in [-0.1, -0.05) is 42.5 Å². The van der Waals surface area contributed by atoms with E-state index in [9.17, 15) is 4.79 Å². The zero-order valence-corrected chi connectivity index (χ0v) is 14.6. The fourth-order valence-electron chi connectivity index (χ4n) is 2.20. The maximum atomic E-state index is 12.1. The van der Waals surface area contributed by atoms with Crippen LogP contribution in [0.25, 0.3) is 6.08 Å². The van der Waals surface area contributed by atoms with Gasteiger partial charge in [-0.2, -0.15) is 5.10 Å². The summed E-state index contributed by atoms with van der Waals surface area (Å²) in [5, 5.41) is 4.33. The standard InChI is InChI=1S/C19H15IN2O/c20-18-9-7-17(8-10-18)19(23)11-6-16-12-21-22(14-16)13-15-4-2-1-3-5-15/h1-12,14H,13H2/b11-6+. The van der Waals surface area contributed by atoms with E-state index in [0.29, 0.717) is 5.56 Å². The van der Waals surface area contributed by atoms with Crippen LogP contribution in [-0.4, -0.2) is 15.6 Å². The van der Waals surface area contributed by atoms with Gasteiger partial charge in [0, 0.05) is 20.9 Å². The van der Waals surface area contributed by atoms with Crippen molar-refractivity contribution in [3.63, 3.8) is 0 Å². The summed E-state index contributed by atoms with van der Waals surface area (Å²) in [4.78, 5) is 12.1. The first-order valence-corrected chi connectivity index (χ1v) is 8.33. The molecular weight excluding hydrogens is 399 g/mol. The van der Waals surface area contributed by atoms with Gasteiger partial charge < -0.3 is 0 Å². The maximum absolute atomic E-state index is 12.1. The van der Waals surface area contributed by atoms with Crippen molar-refractivity contribution in [3.8, 4) is 0 Å². The van der Waals surface area contributed by atoms with Gasteiger partial charge in [0.2, 0.25) is 0 Å². The van der Waals surface area contributed by atoms with E-state index in [4.69, 9.17) is 0 Å². The van der Waals surface area contributed by atoms with Gasteiger partial charge in [0.15, 0.2) is 5.78 Å². The topological polar surface area (TPSA) is 34.9 Å². The summed E-state index contributed by atoms with van der Waals surface area (Å²) < 4.78 is 2.98. The molecular formula is C19H15IN2O. The molecule has 1 heterocycles. The van der Waals surface area contributed by atoms with Crippen LogP contribution < -0.4 is 0 Å². The summed E-state index contributed by atoms with van der Waals surface area (Å²) in [6.45, 7) is 0.722. The SMILES string of the molecule is O=C(/C=C/c1cnn(Cc2ccccc2)c1)c1ccc(I)cc1. The molecule has 2 aromatic carbocycles. The zero-order chi connectivity index (χ0) is 16.1. The van der Waals surface area contributed by atoms with Crippen LogP contribution in [0.5, 0.6) is 0 Å². The summed E-state index contributed by atoms with van der Waals surface area (Å²) in [5.41, 5.74) is 2.80. The molecule has 23 heavy (non-hydrogen) atoms. The maximum Gasteiger partial charge on any atom is 0.185 e. The van der Waals surface area contributed by atoms with E-state index in [1.807, 2.05) is 53.3 Å². The Labute approximate surface area is 148 Å². The van der Waals surface area contributed by atoms with Crippen LogP contribution in [0.1, 0.15) is 21.5 Å². The average Bonchev–Trinajstić information content (AvgIpc) is 3.02. The molecule has 0 N–H and O–H groups in total. The molecule has 114 valence electrons. The van der Waals surface area contributed by atoms with Gasteiger partial charge in [-0.05, 0) is 52.4 Å². The molecule has 0 radical (unpaired) electrons. The Morgan fingerprint density at radius 1 is 1.09 bits per heavy atom. The Morgan fingerprint density at radius 2 is 1.83 bits per heavy atom. The lowest BCUT2D eigenvalue weighted by molar-refractivity contribution is 0.104. The van der Waals surface area contributed by atoms with Crippen molar-refractivity contribution in [2.45, 2.75) is 6.54 Å². The van der Waals surface area contributed by atoms with Crippen LogP contribution in [0.3, 0.4) is 0 Å². The Bertz CT molecular complexity index is 820. The van der Waals surface area contributed by atoms with E-state index >= 15 is 0 Å². The quantitative estimate of drug-likeness (QED) is 0.352. The molecule has 3 nitrogen and oxygen atoms in total. The van der Waals surface area contributed by atoms with Crippen molar-refractivity contribution in [2.24, 2.45) is 0 Å². The average molecular weight is 414 g/mol. The van der Waals surface area contributed by atoms with Crippen LogP contribution in [0.15, 0.2) is 73.1 Å². The van der Waals surface area contributed by atoms with Crippen molar-refractivity contribution in [2.75, 3.05) is 0 Å². The van der Waals surface area contributed by atoms with E-state index < -0.39 is 0 Å². The predicted octanol–water partition coefficient (Wildman–Crippen LogP) is 4.43. The predicted molar refractivity (Wildman–Crippen MR) is 100 cm³/mol. The molecule has 0 unspecified atom stereocenters. The van der Waals surface area contributed by atoms with E-state index in [2.05, 4.69) is 39.8 Å². The number of ketones is 1. The Hall–Kier alpha value is -2.21. The number of carbonyl (C=O) groups is 1. The molecule has 3 aromatic rings. The van der Waals surface area contributed by atoms with E-state index in [0.717, 1.165) is 15.7 Å². The highest BCUT2D eigenvalue weighted by Crippen LogP contribution is 2.10. The minimum absolute atomic E-state index is 0.00258. The summed E-state index contributed by atoms with van der Waals surface area (Å²) in [5.74, 6) is -0.00258. The number of carbonyl (C=O) groups excluding carboxylic acids is 1. The van der Waals surface area contributed by atoms with Gasteiger partial charge in [0.25, 0.3) is 0 Å². The lowest BCUT2D eigenvalue weighted by atomic mass is 10.1. The van der Waals surface area contributed by atoms with Gasteiger partial charge in [-0.15, -0.1) is 0 Å². The van der Waals surface area contributed by atoms with Crippen LogP contribution in [0.4, 0.5) is 0 Å². The van der Waals surface area contributed by atoms with E-state index in [-0.39, 0.29) is 5.78 Å². The molecule has 0 saturated heterocycles. The normalized spacial score (nSPS) is 11.0. The van der Waals surface area contributed by atoms with Crippen molar-refractivity contribution in [1.29, 1.82) is 0 Å². The summed E-state index contributed by atoms with van der Waals surface area (Å²) in [7, 11) is 0. The fourth-order valence-corrected chi connectivity index (χ4v) is 2.56. The number of nitrogens with zero attached hydrogens (tertiary/aromatic N) is 2. The molecule has 0 aliphatic heterocycles. The number of hydrogen-bond acceptors (Lipinski definition) is 2. The van der Waals surface area contributed by atoms with Crippen LogP contribution in [-0.2, 0) is 6.54 Å². The molecule has 0 aliphatic carbocycles. The molecule has 0 bridgehead atoms. The smallest absolute Gasteiger partial charge is 0.185 e. The van der Waals surface area contributed by atoms with Crippen molar-refractivity contribution in [3.05, 3.63) is 93.3 Å². The third-order valence-electron chi connectivity index (χ3n) is 3.40. The van der Waals surface area contributed by atoms with Gasteiger partial charge in [-0.3, -0.25) is 9.48 Å². The van der Waals surface area contributed by atoms with E-state index in [1.54, 1.807) is 18.3 Å². The first kappa shape index (κ1) is 15.7. The first-order chi connectivity index (χ1) is 11.2. The second-order valence-corrected chi connectivity index (χ2v) is 6.41. The van der Waals surface area contributed by atoms with Gasteiger partial charge in [-0.25, -0.2) is 0 Å². The second kappa shape index (κ2) is 7.37. The Balaban J connectivity index is 1.66. The third-order valence-corrected chi connectivity index (χ3v) is 4.12. The zero-order valence-electron chi connectivity index (χ0n) is 12.4. The minimum Gasteiger partial charge on any atom is -0.289 e. The largest absolute Gasteiger partial charge is 0.289 e. The number of aromatic nitrogens is 2. The molecule has 3 rings (SSSR count). The van der Waals surface area contributed by atoms with Gasteiger partial charge in [0.05, 0.1) is 12.7 Å². The number of benzene rings is 2. The van der Waals surface area contributed by atoms with Crippen molar-refractivity contribution >= 4 is 34.5 Å². The number of hydrogen-bond donors (Lipinski definition) is 0. The highest BCUT2D eigenvalue weighted by atomic mass is 127. The lowest BCUT2D eigenvalue weighted by Crippen LogP contribution is -1.99. The second-order valence-electron chi connectivity index (χ2n) is 5.16. The van der Waals surface area contributed by atoms with Gasteiger partial charge >= 0.3 is 0 Å². The molecule has 0 atom stereocenters. The van der Waals surface area contributed by atoms with Crippen LogP contribution >= 0.6 is 22.6 Å². The fraction of sp³-hybridized carbons (Fsp3) is 0.0526. The molecule has 0 fully saturated rings. The lowest BCUT2D eigenvalue weighted by Gasteiger charge is -2.00. The first-order valence-electron chi connectivity index (χ1n) is 7.25. The molecule has 1 aromatic heterocycles. The summed E-state index contributed by atoms with van der Waals surface area (Å²) >= 11 is 2.22. The third kappa shape index (κ3) is 4.39. The molecule has 0 saturated carbocycles. The molecule has 4 heteroatoms. The van der Waals surface area contributed by atoms with Gasteiger partial charge in [0.1, 0.15) is 0 Å². The van der Waals surface area contributed by atoms with Crippen molar-refractivity contribution in [1.82, 2.24) is 9.78 Å². The molecule has 0 spiro atoms. The highest BCUT2D eigenvalue weighted by Gasteiger charge is 2.02. The highest BCUT2D eigenvalue weighted by molar-refractivity contribution is 14.1. The molecule has 0 amide bonds. The Morgan fingerprint density at radius 3 is 2.57 bits per heavy atom. The number of allylic oxidation sites excluding steroid dienone is 1. The summed E-state index contributed by atoms with van der Waals surface area (Å²) in [6, 6.07) is 17.7. The minimum atomic E-state index is -0.00258. The monoisotopic (exact) mass is 414 g/mol. The Kier molecular flexibility index (Phi) is 5.02. The number of halogens is 1. The van der Waals surface area contributed by atoms with E-state index in [1.165, 1.54) is 5.56 Å². The number of rotatable bonds is 5. The summed E-state index contributed by atoms with van der Waals surface area (Å²) in [6.07, 6.45) is 7.09. The van der Waals surface area contributed by atoms with Crippen LogP contribution in [0, 0.1) is 3.57 Å². The van der Waals surface area contributed by atoms with Crippen LogP contribution in [0.2, 0.25) is 0 Å². The van der Waals surface area contributed by atoms with Crippen molar-refractivity contribution < 1.29 is 4.79 Å².